The van der Waals surface area contributed by atoms with Crippen LogP contribution in [-0.4, -0.2) is 11.8 Å². The summed E-state index contributed by atoms with van der Waals surface area (Å²) in [5.74, 6) is 4.73. The molecular weight excluding hydrogens is 2130 g/mol. The molecule has 0 aliphatic carbocycles. The summed E-state index contributed by atoms with van der Waals surface area (Å²) in [6, 6.07) is 98.9. The second-order valence-corrected chi connectivity index (χ2v) is 24.7. The van der Waals surface area contributed by atoms with Gasteiger partial charge in [0.1, 0.15) is 6.41 Å². The minimum Gasteiger partial charge on any atom is -0.547 e. The molecule has 109 heavy (non-hydrogen) atoms. The molecule has 12 rings (SSSR count). The molecule has 0 heterocycles. The van der Waals surface area contributed by atoms with Gasteiger partial charge in [-0.25, -0.2) is 4.39 Å². The van der Waals surface area contributed by atoms with Crippen molar-refractivity contribution in [3.05, 3.63) is 388 Å². The molecule has 6 nitrogen and oxygen atoms in total. The number of hydrogen-bond acceptors (Lipinski definition) is 6. The zero-order valence-electron chi connectivity index (χ0n) is 68.0. The topological polar surface area (TPSA) is 55.4 Å². The van der Waals surface area contributed by atoms with Crippen LogP contribution >= 0.6 is 73.9 Å². The van der Waals surface area contributed by atoms with Gasteiger partial charge in [-0.05, 0) is 159 Å². The summed E-state index contributed by atoms with van der Waals surface area (Å²) in [7, 11) is 6.25. The van der Waals surface area contributed by atoms with E-state index in [1.165, 1.54) is 104 Å². The zero-order valence-corrected chi connectivity index (χ0v) is 86.6. The number of benzene rings is 12. The van der Waals surface area contributed by atoms with Crippen LogP contribution in [0.15, 0.2) is 259 Å². The number of ether oxygens (including phenoxy) is 6. The van der Waals surface area contributed by atoms with Crippen LogP contribution in [0.3, 0.4) is 0 Å². The maximum absolute atomic E-state index is 13.5. The van der Waals surface area contributed by atoms with Crippen molar-refractivity contribution < 1.29 is 237 Å². The minimum atomic E-state index is -0.222. The molecular formula is C90H95BBrClF2I2O6Y6-6. The molecule has 0 bridgehead atoms. The fourth-order valence-electron chi connectivity index (χ4n) is 9.51. The number of aryl methyl sites for hydroxylation is 8. The van der Waals surface area contributed by atoms with Crippen molar-refractivity contribution in [3.8, 4) is 34.5 Å². The molecule has 0 aliphatic heterocycles. The van der Waals surface area contributed by atoms with Gasteiger partial charge in [0, 0.05) is 277 Å². The van der Waals surface area contributed by atoms with Gasteiger partial charge in [0.25, 0.3) is 1.45 Å². The smallest absolute Gasteiger partial charge is 0.269 e. The van der Waals surface area contributed by atoms with Gasteiger partial charge in [-0.15, -0.1) is 96.6 Å². The predicted octanol–water partition coefficient (Wildman–Crippen LogP) is 25.3. The Morgan fingerprint density at radius 2 is 0.642 bits per heavy atom. The Morgan fingerprint density at radius 3 is 0.972 bits per heavy atom. The van der Waals surface area contributed by atoms with Crippen molar-refractivity contribution >= 4 is 82.3 Å². The van der Waals surface area contributed by atoms with E-state index in [9.17, 15) is 4.39 Å². The third-order valence-corrected chi connectivity index (χ3v) is 17.4. The van der Waals surface area contributed by atoms with Gasteiger partial charge in [-0.3, -0.25) is 4.72 Å². The van der Waals surface area contributed by atoms with Gasteiger partial charge in [-0.2, -0.15) is 109 Å². The molecule has 12 aromatic carbocycles. The average molecular weight is 2230 g/mol. The second kappa shape index (κ2) is 68.3. The van der Waals surface area contributed by atoms with Gasteiger partial charge < -0.3 is 28.4 Å². The molecule has 0 N–H and O–H groups in total. The van der Waals surface area contributed by atoms with E-state index in [4.69, 9.17) is 49.4 Å². The van der Waals surface area contributed by atoms with E-state index in [1.54, 1.807) is 18.2 Å². The Kier molecular flexibility index (Phi) is 67.2. The molecule has 0 saturated carbocycles. The van der Waals surface area contributed by atoms with Crippen LogP contribution in [0.1, 0.15) is 110 Å². The average Bonchev–Trinajstić information content (AvgIpc) is 0.884. The zero-order chi connectivity index (χ0) is 79.0. The monoisotopic (exact) mass is 2230 g/mol. The second-order valence-electron chi connectivity index (χ2n) is 22.2. The summed E-state index contributed by atoms with van der Waals surface area (Å²) in [5, 5.41) is 0.750. The predicted molar refractivity (Wildman–Crippen MR) is 449 cm³/mol. The van der Waals surface area contributed by atoms with E-state index in [1.807, 2.05) is 184 Å². The quantitative estimate of drug-likeness (QED) is 0.0457. The summed E-state index contributed by atoms with van der Waals surface area (Å²) in [6.07, 6.45) is 1.04. The summed E-state index contributed by atoms with van der Waals surface area (Å²) >= 11 is 13.4. The van der Waals surface area contributed by atoms with Crippen molar-refractivity contribution in [1.82, 2.24) is 0 Å². The molecule has 0 spiro atoms. The van der Waals surface area contributed by atoms with Crippen molar-refractivity contribution in [2.45, 2.75) is 124 Å². The fraction of sp³-hybridized carbons (Fsp3) is 0.200. The van der Waals surface area contributed by atoms with Crippen LogP contribution in [0.5, 0.6) is 34.5 Å². The fourth-order valence-corrected chi connectivity index (χ4v) is 11.2. The standard InChI is InChI=1S/C16H17O.C15H15O.C14H12BrO.C14H12ClO.C14H12FO.C14H12IO.3CH4.BH.FH.HI.6Y/c1-3-14-9-7-8-13(2)16(14)12-17-15-10-5-4-6-11-15;1-12-7-6-8-13(2)15(12)11-16-14-9-4-3-5-10-14;4*1-11-6-5-9-14(15)13(11)10-16-12-7-3-2-4-8-12;;;;;;;;;;;;/h4-5,7-11H,3,12H2,1-2H3;3-4,6-10H,11H2,1-2H3;4*2-3,5-9H,10H2,1H3;3*1H4;3*1H;;;;;;/q6*-1;;;;;;;;;;;;/i;;;;;;2*1T;;1T;;;;;;;;/hT2. The molecule has 19 heteroatoms. The van der Waals surface area contributed by atoms with Crippen LogP contribution in [0.2, 0.25) is 5.02 Å². The SMILES string of the molecule is C.CCc1cccc(C)c1COc1c[c-]ccc1.Cc1cccc(Br)c1COc1c[c-]ccc1.Cc1cccc(C)c1COc1c[c-]ccc1.Cc1cccc(Cl)c1COc1c[c-]ccc1.Cc1cccc(F)c1COc1c[c-]ccc1.Cc1cccc(I)c1COc1c[c-]ccc1.[3H]C.[3H]C.[3H]F.[3H]I.[3H][B].[Y].[Y].[Y].[Y].[Y].[Y]. The Morgan fingerprint density at radius 1 is 0.385 bits per heavy atom. The summed E-state index contributed by atoms with van der Waals surface area (Å²) in [4.78, 5) is 0. The summed E-state index contributed by atoms with van der Waals surface area (Å²) < 4.78 is 85.3. The summed E-state index contributed by atoms with van der Waals surface area (Å²) in [6.45, 7) is 19.8. The molecule has 0 amide bonds. The first-order valence-corrected chi connectivity index (χ1v) is 34.0. The first-order valence-electron chi connectivity index (χ1n) is 35.1. The normalized spacial score (nSPS) is 9.34. The van der Waals surface area contributed by atoms with Crippen LogP contribution in [0.4, 0.5) is 9.11 Å². The molecule has 0 atom stereocenters. The van der Waals surface area contributed by atoms with Gasteiger partial charge in [0.05, 0.1) is 39.6 Å². The van der Waals surface area contributed by atoms with Crippen LogP contribution < -0.4 is 28.4 Å². The number of rotatable bonds is 19. The van der Waals surface area contributed by atoms with E-state index in [2.05, 4.69) is 187 Å². The minimum absolute atomic E-state index is 0. The van der Waals surface area contributed by atoms with E-state index in [-0.39, 0.29) is 216 Å². The maximum atomic E-state index is 13.5. The number of halogens is 6. The Balaban J connectivity index is -0.000000296. The van der Waals surface area contributed by atoms with Crippen molar-refractivity contribution in [2.24, 2.45) is 0 Å². The molecule has 0 fully saturated rings. The van der Waals surface area contributed by atoms with E-state index in [0.717, 1.165) is 61.4 Å². The molecule has 0 aliphatic rings. The Hall–Kier alpha value is -1.78. The first-order chi connectivity index (χ1) is 52.2. The molecule has 560 valence electrons. The van der Waals surface area contributed by atoms with Crippen molar-refractivity contribution in [2.75, 3.05) is 0 Å². The number of hydrogen-bond donors (Lipinski definition) is 0. The van der Waals surface area contributed by atoms with Crippen molar-refractivity contribution in [3.63, 3.8) is 0 Å². The van der Waals surface area contributed by atoms with Crippen molar-refractivity contribution in [1.29, 1.82) is 3.38 Å². The van der Waals surface area contributed by atoms with E-state index < -0.39 is 0 Å². The van der Waals surface area contributed by atoms with Crippen LogP contribution in [-0.2, 0) is 242 Å². The molecule has 0 aromatic heterocycles. The van der Waals surface area contributed by atoms with Gasteiger partial charge in [0.15, 0.2) is 0 Å². The largest absolute Gasteiger partial charge is 0.547 e. The third-order valence-electron chi connectivity index (χ3n) is 15.3. The third kappa shape index (κ3) is 43.8. The van der Waals surface area contributed by atoms with E-state index >= 15 is 0 Å². The van der Waals surface area contributed by atoms with Crippen LogP contribution in [0.25, 0.3) is 0 Å². The van der Waals surface area contributed by atoms with Gasteiger partial charge in [-0.1, -0.05) is 142 Å². The maximum Gasteiger partial charge on any atom is 0.269 e. The Bertz CT molecular complexity index is 3680. The summed E-state index contributed by atoms with van der Waals surface area (Å²) in [5.41, 5.74) is 16.4. The molecule has 0 unspecified atom stereocenters. The Labute approximate surface area is 855 Å². The first kappa shape index (κ1) is 107. The molecule has 0 saturated heterocycles. The molecule has 8 radical (unpaired) electrons. The van der Waals surface area contributed by atoms with Crippen LogP contribution in [0, 0.1) is 94.3 Å². The molecule has 12 aromatic rings. The van der Waals surface area contributed by atoms with Gasteiger partial charge in [0.2, 0.25) is 0 Å². The van der Waals surface area contributed by atoms with E-state index in [0.29, 0.717) is 44.3 Å². The van der Waals surface area contributed by atoms with Gasteiger partial charge >= 0.3 is 0 Å².